The van der Waals surface area contributed by atoms with Crippen LogP contribution in [0.1, 0.15) is 24.8 Å². The van der Waals surface area contributed by atoms with E-state index in [0.717, 1.165) is 5.56 Å². The molecule has 0 radical (unpaired) electrons. The lowest BCUT2D eigenvalue weighted by atomic mass is 10.2. The molecule has 2 amide bonds. The Morgan fingerprint density at radius 1 is 1.17 bits per heavy atom. The monoisotopic (exact) mass is 408 g/mol. The first kappa shape index (κ1) is 19.2. The van der Waals surface area contributed by atoms with Crippen LogP contribution in [0.3, 0.4) is 0 Å². The normalized spacial score (nSPS) is 16.1. The molecule has 1 N–H and O–H groups in total. The van der Waals surface area contributed by atoms with Gasteiger partial charge in [-0.3, -0.25) is 9.59 Å². The van der Waals surface area contributed by atoms with Crippen LogP contribution in [0.2, 0.25) is 0 Å². The molecule has 29 heavy (non-hydrogen) atoms. The number of anilines is 2. The summed E-state index contributed by atoms with van der Waals surface area (Å²) in [5.41, 5.74) is 2.42. The molecule has 7 nitrogen and oxygen atoms in total. The smallest absolute Gasteiger partial charge is 0.277 e. The van der Waals surface area contributed by atoms with E-state index in [4.69, 9.17) is 4.42 Å². The van der Waals surface area contributed by atoms with Gasteiger partial charge in [0, 0.05) is 12.5 Å². The molecule has 4 rings (SSSR count). The zero-order valence-electron chi connectivity index (χ0n) is 15.9. The number of nitrogens with one attached hydrogen (secondary N) is 1. The summed E-state index contributed by atoms with van der Waals surface area (Å²) >= 11 is 1.20. The Bertz CT molecular complexity index is 1020. The molecule has 2 heterocycles. The minimum absolute atomic E-state index is 0.102. The SMILES string of the molecule is C[C@@H]1CC(=O)Nc2ccccc2N1C(=O)CSc1nnc(Cc2ccccc2)o1. The number of aromatic nitrogens is 2. The zero-order chi connectivity index (χ0) is 20.2. The second kappa shape index (κ2) is 8.48. The van der Waals surface area contributed by atoms with E-state index in [1.54, 1.807) is 11.0 Å². The third-order valence-electron chi connectivity index (χ3n) is 4.59. The van der Waals surface area contributed by atoms with E-state index >= 15 is 0 Å². The van der Waals surface area contributed by atoms with Crippen molar-refractivity contribution in [2.45, 2.75) is 31.0 Å². The molecule has 0 spiro atoms. The van der Waals surface area contributed by atoms with Crippen molar-refractivity contribution in [1.29, 1.82) is 0 Å². The number of amides is 2. The molecule has 3 aromatic rings. The third-order valence-corrected chi connectivity index (χ3v) is 5.40. The van der Waals surface area contributed by atoms with Crippen molar-refractivity contribution in [3.05, 3.63) is 66.1 Å². The van der Waals surface area contributed by atoms with E-state index in [1.807, 2.05) is 55.5 Å². The number of hydrogen-bond donors (Lipinski definition) is 1. The molecule has 1 aliphatic rings. The van der Waals surface area contributed by atoms with Crippen LogP contribution in [-0.4, -0.2) is 33.8 Å². The summed E-state index contributed by atoms with van der Waals surface area (Å²) in [6.45, 7) is 1.87. The first-order chi connectivity index (χ1) is 14.1. The van der Waals surface area contributed by atoms with Crippen LogP contribution >= 0.6 is 11.8 Å². The van der Waals surface area contributed by atoms with Crippen molar-refractivity contribution in [1.82, 2.24) is 10.2 Å². The van der Waals surface area contributed by atoms with Crippen LogP contribution in [0.15, 0.2) is 64.2 Å². The zero-order valence-corrected chi connectivity index (χ0v) is 16.7. The first-order valence-corrected chi connectivity index (χ1v) is 10.3. The van der Waals surface area contributed by atoms with Crippen molar-refractivity contribution in [3.8, 4) is 0 Å². The fraction of sp³-hybridized carbons (Fsp3) is 0.238. The van der Waals surface area contributed by atoms with Crippen LogP contribution < -0.4 is 10.2 Å². The molecule has 148 valence electrons. The summed E-state index contributed by atoms with van der Waals surface area (Å²) in [7, 11) is 0. The Morgan fingerprint density at radius 2 is 1.93 bits per heavy atom. The number of thioether (sulfide) groups is 1. The predicted octanol–water partition coefficient (Wildman–Crippen LogP) is 3.52. The molecule has 0 aliphatic carbocycles. The molecule has 1 aliphatic heterocycles. The number of fused-ring (bicyclic) bond motifs is 1. The molecule has 0 saturated carbocycles. The Hall–Kier alpha value is -3.13. The maximum Gasteiger partial charge on any atom is 0.277 e. The fourth-order valence-electron chi connectivity index (χ4n) is 3.30. The van der Waals surface area contributed by atoms with Crippen molar-refractivity contribution in [3.63, 3.8) is 0 Å². The number of carbonyl (C=O) groups is 2. The lowest BCUT2D eigenvalue weighted by molar-refractivity contribution is -0.117. The van der Waals surface area contributed by atoms with E-state index in [1.165, 1.54) is 11.8 Å². The van der Waals surface area contributed by atoms with Gasteiger partial charge in [-0.05, 0) is 24.6 Å². The number of rotatable bonds is 5. The average Bonchev–Trinajstić information content (AvgIpc) is 3.10. The van der Waals surface area contributed by atoms with Crippen molar-refractivity contribution >= 4 is 35.0 Å². The molecular formula is C21H20N4O3S. The number of benzene rings is 2. The van der Waals surface area contributed by atoms with Crippen LogP contribution in [0, 0.1) is 0 Å². The fourth-order valence-corrected chi connectivity index (χ4v) is 3.94. The minimum Gasteiger partial charge on any atom is -0.416 e. The highest BCUT2D eigenvalue weighted by Crippen LogP contribution is 2.32. The third kappa shape index (κ3) is 4.48. The number of nitrogens with zero attached hydrogens (tertiary/aromatic N) is 3. The molecule has 1 aromatic heterocycles. The van der Waals surface area contributed by atoms with E-state index in [9.17, 15) is 9.59 Å². The van der Waals surface area contributed by atoms with Crippen molar-refractivity contribution in [2.75, 3.05) is 16.0 Å². The first-order valence-electron chi connectivity index (χ1n) is 9.30. The highest BCUT2D eigenvalue weighted by Gasteiger charge is 2.29. The molecule has 8 heteroatoms. The van der Waals surface area contributed by atoms with Gasteiger partial charge in [0.2, 0.25) is 17.7 Å². The van der Waals surface area contributed by atoms with E-state index in [-0.39, 0.29) is 30.0 Å². The van der Waals surface area contributed by atoms with Crippen LogP contribution in [0.4, 0.5) is 11.4 Å². The molecule has 0 unspecified atom stereocenters. The second-order valence-electron chi connectivity index (χ2n) is 6.79. The van der Waals surface area contributed by atoms with Crippen LogP contribution in [0.25, 0.3) is 0 Å². The largest absolute Gasteiger partial charge is 0.416 e. The van der Waals surface area contributed by atoms with Gasteiger partial charge in [-0.15, -0.1) is 10.2 Å². The summed E-state index contributed by atoms with van der Waals surface area (Å²) in [5, 5.41) is 11.3. The molecule has 0 saturated heterocycles. The quantitative estimate of drug-likeness (QED) is 0.650. The predicted molar refractivity (Wildman–Crippen MR) is 111 cm³/mol. The molecule has 1 atom stereocenters. The van der Waals surface area contributed by atoms with Crippen LogP contribution in [-0.2, 0) is 16.0 Å². The maximum absolute atomic E-state index is 13.0. The van der Waals surface area contributed by atoms with Gasteiger partial charge in [0.1, 0.15) is 0 Å². The average molecular weight is 408 g/mol. The number of hydrogen-bond acceptors (Lipinski definition) is 6. The Kier molecular flexibility index (Phi) is 5.62. The maximum atomic E-state index is 13.0. The van der Waals surface area contributed by atoms with Gasteiger partial charge < -0.3 is 14.6 Å². The second-order valence-corrected chi connectivity index (χ2v) is 7.72. The molecule has 0 bridgehead atoms. The molecule has 0 fully saturated rings. The lowest BCUT2D eigenvalue weighted by Gasteiger charge is -2.27. The van der Waals surface area contributed by atoms with Crippen LogP contribution in [0.5, 0.6) is 0 Å². The summed E-state index contributed by atoms with van der Waals surface area (Å²) in [6, 6.07) is 16.9. The topological polar surface area (TPSA) is 88.3 Å². The minimum atomic E-state index is -0.247. The summed E-state index contributed by atoms with van der Waals surface area (Å²) in [6.07, 6.45) is 0.791. The van der Waals surface area contributed by atoms with Gasteiger partial charge in [-0.25, -0.2) is 0 Å². The van der Waals surface area contributed by atoms with Gasteiger partial charge in [0.15, 0.2) is 0 Å². The molecule has 2 aromatic carbocycles. The Balaban J connectivity index is 1.44. The number of para-hydroxylation sites is 2. The van der Waals surface area contributed by atoms with Gasteiger partial charge >= 0.3 is 0 Å². The Morgan fingerprint density at radius 3 is 2.76 bits per heavy atom. The van der Waals surface area contributed by atoms with Crippen molar-refractivity contribution in [2.24, 2.45) is 0 Å². The van der Waals surface area contributed by atoms with E-state index in [2.05, 4.69) is 15.5 Å². The summed E-state index contributed by atoms with van der Waals surface area (Å²) < 4.78 is 5.67. The van der Waals surface area contributed by atoms with Gasteiger partial charge in [-0.1, -0.05) is 54.2 Å². The standard InChI is InChI=1S/C21H20N4O3S/c1-14-11-18(26)22-16-9-5-6-10-17(16)25(14)20(27)13-29-21-24-23-19(28-21)12-15-7-3-2-4-8-15/h2-10,14H,11-13H2,1H3,(H,22,26)/t14-/m1/s1. The highest BCUT2D eigenvalue weighted by molar-refractivity contribution is 7.99. The van der Waals surface area contributed by atoms with E-state index in [0.29, 0.717) is 28.9 Å². The summed E-state index contributed by atoms with van der Waals surface area (Å²) in [5.74, 6) is 0.430. The highest BCUT2D eigenvalue weighted by atomic mass is 32.2. The Labute approximate surface area is 172 Å². The van der Waals surface area contributed by atoms with E-state index < -0.39 is 0 Å². The summed E-state index contributed by atoms with van der Waals surface area (Å²) in [4.78, 5) is 26.7. The molecular weight excluding hydrogens is 388 g/mol. The van der Waals surface area contributed by atoms with Crippen molar-refractivity contribution < 1.29 is 14.0 Å². The van der Waals surface area contributed by atoms with Gasteiger partial charge in [-0.2, -0.15) is 0 Å². The van der Waals surface area contributed by atoms with Gasteiger partial charge in [0.05, 0.1) is 23.5 Å². The number of carbonyl (C=O) groups excluding carboxylic acids is 2. The lowest BCUT2D eigenvalue weighted by Crippen LogP contribution is -2.40. The van der Waals surface area contributed by atoms with Gasteiger partial charge in [0.25, 0.3) is 5.22 Å².